The molecule has 148 valence electrons. The van der Waals surface area contributed by atoms with Crippen LogP contribution in [0.1, 0.15) is 37.1 Å². The molecule has 1 aromatic heterocycles. The Morgan fingerprint density at radius 1 is 1.30 bits per heavy atom. The maximum atomic E-state index is 12.8. The standard InChI is InChI=1S/C20H31N5O2/c1-6-25(7-2)18(15-9-8-10-17(11-15)27-5)13-22-20(26)19(21-3)16-12-23-24(4)14-16/h8-12,14,18-19,21H,6-7,13H2,1-5H3,(H,22,26). The maximum Gasteiger partial charge on any atom is 0.241 e. The topological polar surface area (TPSA) is 71.4 Å². The second-order valence-electron chi connectivity index (χ2n) is 6.43. The lowest BCUT2D eigenvalue weighted by Crippen LogP contribution is -2.42. The van der Waals surface area contributed by atoms with Crippen LogP contribution in [0.25, 0.3) is 0 Å². The highest BCUT2D eigenvalue weighted by Crippen LogP contribution is 2.24. The van der Waals surface area contributed by atoms with E-state index >= 15 is 0 Å². The van der Waals surface area contributed by atoms with E-state index in [9.17, 15) is 4.79 Å². The van der Waals surface area contributed by atoms with Crippen molar-refractivity contribution in [3.8, 4) is 5.75 Å². The summed E-state index contributed by atoms with van der Waals surface area (Å²) in [6, 6.07) is 7.67. The summed E-state index contributed by atoms with van der Waals surface area (Å²) >= 11 is 0. The van der Waals surface area contributed by atoms with Gasteiger partial charge < -0.3 is 15.4 Å². The van der Waals surface area contributed by atoms with Gasteiger partial charge in [-0.05, 0) is 37.8 Å². The number of hydrogen-bond donors (Lipinski definition) is 2. The fraction of sp³-hybridized carbons (Fsp3) is 0.500. The third kappa shape index (κ3) is 5.30. The molecule has 0 fully saturated rings. The fourth-order valence-electron chi connectivity index (χ4n) is 3.31. The van der Waals surface area contributed by atoms with Crippen LogP contribution in [0.2, 0.25) is 0 Å². The Bertz CT molecular complexity index is 727. The Kier molecular flexibility index (Phi) is 7.82. The molecule has 7 nitrogen and oxygen atoms in total. The number of methoxy groups -OCH3 is 1. The molecule has 0 aliphatic heterocycles. The van der Waals surface area contributed by atoms with Gasteiger partial charge in [0, 0.05) is 25.4 Å². The smallest absolute Gasteiger partial charge is 0.241 e. The van der Waals surface area contributed by atoms with Crippen LogP contribution in [0.3, 0.4) is 0 Å². The van der Waals surface area contributed by atoms with Gasteiger partial charge in [0.25, 0.3) is 0 Å². The van der Waals surface area contributed by atoms with Crippen molar-refractivity contribution < 1.29 is 9.53 Å². The Morgan fingerprint density at radius 3 is 2.59 bits per heavy atom. The van der Waals surface area contributed by atoms with E-state index in [1.54, 1.807) is 25.0 Å². The third-order valence-electron chi connectivity index (χ3n) is 4.81. The molecule has 0 spiro atoms. The van der Waals surface area contributed by atoms with Crippen molar-refractivity contribution in [2.75, 3.05) is 33.8 Å². The molecule has 0 saturated heterocycles. The van der Waals surface area contributed by atoms with E-state index in [-0.39, 0.29) is 11.9 Å². The van der Waals surface area contributed by atoms with Crippen LogP contribution in [-0.4, -0.2) is 54.4 Å². The largest absolute Gasteiger partial charge is 0.497 e. The molecule has 7 heteroatoms. The number of aryl methyl sites for hydroxylation is 1. The number of likely N-dealkylation sites (N-methyl/N-ethyl adjacent to an activating group) is 2. The first-order valence-corrected chi connectivity index (χ1v) is 9.35. The molecule has 2 N–H and O–H groups in total. The number of rotatable bonds is 10. The van der Waals surface area contributed by atoms with Gasteiger partial charge >= 0.3 is 0 Å². The number of carbonyl (C=O) groups excluding carboxylic acids is 1. The number of carbonyl (C=O) groups is 1. The lowest BCUT2D eigenvalue weighted by atomic mass is 10.0. The van der Waals surface area contributed by atoms with Crippen LogP contribution < -0.4 is 15.4 Å². The average Bonchev–Trinajstić information content (AvgIpc) is 3.11. The highest BCUT2D eigenvalue weighted by molar-refractivity contribution is 5.83. The molecular formula is C20H31N5O2. The van der Waals surface area contributed by atoms with E-state index in [4.69, 9.17) is 4.74 Å². The Balaban J connectivity index is 2.16. The zero-order valence-electron chi connectivity index (χ0n) is 16.9. The minimum absolute atomic E-state index is 0.0643. The first-order chi connectivity index (χ1) is 13.0. The Morgan fingerprint density at radius 2 is 2.04 bits per heavy atom. The fourth-order valence-corrected chi connectivity index (χ4v) is 3.31. The van der Waals surface area contributed by atoms with E-state index in [2.05, 4.69) is 40.5 Å². The quantitative estimate of drug-likeness (QED) is 0.665. The number of amides is 1. The minimum atomic E-state index is -0.429. The first-order valence-electron chi connectivity index (χ1n) is 9.35. The first kappa shape index (κ1) is 20.9. The predicted octanol–water partition coefficient (Wildman–Crippen LogP) is 1.89. The van der Waals surface area contributed by atoms with Gasteiger partial charge in [0.05, 0.1) is 19.3 Å². The number of ether oxygens (including phenoxy) is 1. The van der Waals surface area contributed by atoms with Gasteiger partial charge in [0.15, 0.2) is 0 Å². The summed E-state index contributed by atoms with van der Waals surface area (Å²) in [6.07, 6.45) is 3.56. The number of hydrogen-bond acceptors (Lipinski definition) is 5. The molecule has 0 bridgehead atoms. The number of benzene rings is 1. The van der Waals surface area contributed by atoms with Crippen LogP contribution in [0.15, 0.2) is 36.7 Å². The summed E-state index contributed by atoms with van der Waals surface area (Å²) in [5.41, 5.74) is 1.97. The van der Waals surface area contributed by atoms with E-state index in [0.29, 0.717) is 6.54 Å². The van der Waals surface area contributed by atoms with Crippen LogP contribution in [0, 0.1) is 0 Å². The predicted molar refractivity (Wildman–Crippen MR) is 107 cm³/mol. The van der Waals surface area contributed by atoms with Crippen molar-refractivity contribution in [3.63, 3.8) is 0 Å². The van der Waals surface area contributed by atoms with Gasteiger partial charge in [-0.1, -0.05) is 26.0 Å². The Hall–Kier alpha value is -2.38. The highest BCUT2D eigenvalue weighted by atomic mass is 16.5. The van der Waals surface area contributed by atoms with E-state index < -0.39 is 6.04 Å². The number of aromatic nitrogens is 2. The summed E-state index contributed by atoms with van der Waals surface area (Å²) in [7, 11) is 5.28. The molecule has 27 heavy (non-hydrogen) atoms. The van der Waals surface area contributed by atoms with Crippen molar-refractivity contribution in [3.05, 3.63) is 47.8 Å². The molecule has 0 aliphatic rings. The van der Waals surface area contributed by atoms with Crippen molar-refractivity contribution in [1.82, 2.24) is 25.3 Å². The molecule has 0 aliphatic carbocycles. The van der Waals surface area contributed by atoms with Crippen molar-refractivity contribution in [2.24, 2.45) is 7.05 Å². The summed E-state index contributed by atoms with van der Waals surface area (Å²) in [5.74, 6) is 0.755. The van der Waals surface area contributed by atoms with Gasteiger partial charge in [0.2, 0.25) is 5.91 Å². The zero-order valence-corrected chi connectivity index (χ0v) is 16.9. The summed E-state index contributed by atoms with van der Waals surface area (Å²) in [6.45, 7) is 6.57. The zero-order chi connectivity index (χ0) is 19.8. The van der Waals surface area contributed by atoms with Crippen LogP contribution in [0.4, 0.5) is 0 Å². The van der Waals surface area contributed by atoms with Crippen LogP contribution in [0.5, 0.6) is 5.75 Å². The van der Waals surface area contributed by atoms with Gasteiger partial charge in [-0.25, -0.2) is 0 Å². The van der Waals surface area contributed by atoms with Crippen LogP contribution >= 0.6 is 0 Å². The summed E-state index contributed by atoms with van der Waals surface area (Å²) < 4.78 is 7.06. The molecule has 2 rings (SSSR count). The lowest BCUT2D eigenvalue weighted by Gasteiger charge is -2.31. The molecule has 2 aromatic rings. The average molecular weight is 374 g/mol. The van der Waals surface area contributed by atoms with Gasteiger partial charge in [-0.3, -0.25) is 14.4 Å². The van der Waals surface area contributed by atoms with E-state index in [1.807, 2.05) is 31.4 Å². The molecular weight excluding hydrogens is 342 g/mol. The van der Waals surface area contributed by atoms with Gasteiger partial charge in [-0.2, -0.15) is 5.10 Å². The number of nitrogens with zero attached hydrogens (tertiary/aromatic N) is 3. The normalized spacial score (nSPS) is 13.4. The Labute approximate surface area is 161 Å². The van der Waals surface area contributed by atoms with Gasteiger partial charge in [-0.15, -0.1) is 0 Å². The highest BCUT2D eigenvalue weighted by Gasteiger charge is 2.23. The van der Waals surface area contributed by atoms with E-state index in [1.165, 1.54) is 0 Å². The lowest BCUT2D eigenvalue weighted by molar-refractivity contribution is -0.123. The summed E-state index contributed by atoms with van der Waals surface area (Å²) in [5, 5.41) is 10.3. The number of nitrogens with one attached hydrogen (secondary N) is 2. The molecule has 0 radical (unpaired) electrons. The SMILES string of the molecule is CCN(CC)C(CNC(=O)C(NC)c1cnn(C)c1)c1cccc(OC)c1. The second kappa shape index (κ2) is 10.1. The molecule has 0 saturated carbocycles. The molecule has 1 aromatic carbocycles. The van der Waals surface area contributed by atoms with Crippen molar-refractivity contribution in [2.45, 2.75) is 25.9 Å². The maximum absolute atomic E-state index is 12.8. The third-order valence-corrected chi connectivity index (χ3v) is 4.81. The molecule has 1 amide bonds. The second-order valence-corrected chi connectivity index (χ2v) is 6.43. The summed E-state index contributed by atoms with van der Waals surface area (Å²) in [4.78, 5) is 15.1. The van der Waals surface area contributed by atoms with Gasteiger partial charge in [0.1, 0.15) is 11.8 Å². The van der Waals surface area contributed by atoms with Crippen molar-refractivity contribution >= 4 is 5.91 Å². The minimum Gasteiger partial charge on any atom is -0.497 e. The molecule has 2 atom stereocenters. The van der Waals surface area contributed by atoms with Crippen LogP contribution in [-0.2, 0) is 11.8 Å². The molecule has 2 unspecified atom stereocenters. The van der Waals surface area contributed by atoms with E-state index in [0.717, 1.165) is 30.0 Å². The van der Waals surface area contributed by atoms with Crippen molar-refractivity contribution in [1.29, 1.82) is 0 Å². The monoisotopic (exact) mass is 373 g/mol. The molecule has 1 heterocycles.